The molecule has 0 saturated heterocycles. The molecular formula is C17H13F3N6O3. The zero-order chi connectivity index (χ0) is 21.0. The van der Waals surface area contributed by atoms with E-state index in [1.54, 1.807) is 0 Å². The van der Waals surface area contributed by atoms with Crippen LogP contribution in [-0.4, -0.2) is 32.2 Å². The number of primary amides is 1. The number of benzene rings is 2. The van der Waals surface area contributed by atoms with Crippen molar-refractivity contribution < 1.29 is 27.5 Å². The zero-order valence-corrected chi connectivity index (χ0v) is 14.6. The lowest BCUT2D eigenvalue weighted by Crippen LogP contribution is -2.19. The van der Waals surface area contributed by atoms with Crippen LogP contribution in [0, 0.1) is 0 Å². The number of amides is 2. The SMILES string of the molecule is NC(=O)Nc1cccc(C(=O)OCc2nnnn2-c2ccc(C(F)(F)F)cc2)c1. The summed E-state index contributed by atoms with van der Waals surface area (Å²) < 4.78 is 44.3. The third-order valence-electron chi connectivity index (χ3n) is 3.67. The molecule has 0 aliphatic carbocycles. The molecule has 0 atom stereocenters. The lowest BCUT2D eigenvalue weighted by Gasteiger charge is -2.09. The van der Waals surface area contributed by atoms with Crippen LogP contribution in [0.5, 0.6) is 0 Å². The number of urea groups is 1. The molecule has 150 valence electrons. The van der Waals surface area contributed by atoms with Gasteiger partial charge in [-0.3, -0.25) is 0 Å². The topological polar surface area (TPSA) is 125 Å². The van der Waals surface area contributed by atoms with Gasteiger partial charge in [-0.15, -0.1) is 5.10 Å². The number of anilines is 1. The molecule has 3 rings (SSSR count). The molecule has 2 aromatic carbocycles. The number of carbonyl (C=O) groups excluding carboxylic acids is 2. The van der Waals surface area contributed by atoms with Gasteiger partial charge >= 0.3 is 18.2 Å². The van der Waals surface area contributed by atoms with Crippen molar-refractivity contribution in [1.82, 2.24) is 20.2 Å². The molecule has 12 heteroatoms. The predicted molar refractivity (Wildman–Crippen MR) is 92.9 cm³/mol. The second-order valence-corrected chi connectivity index (χ2v) is 5.70. The summed E-state index contributed by atoms with van der Waals surface area (Å²) in [4.78, 5) is 23.1. The van der Waals surface area contributed by atoms with Crippen LogP contribution in [0.15, 0.2) is 48.5 Å². The van der Waals surface area contributed by atoms with Crippen LogP contribution in [0.25, 0.3) is 5.69 Å². The largest absolute Gasteiger partial charge is 0.454 e. The first-order valence-electron chi connectivity index (χ1n) is 8.02. The Bertz CT molecular complexity index is 1030. The number of alkyl halides is 3. The van der Waals surface area contributed by atoms with E-state index in [9.17, 15) is 22.8 Å². The minimum atomic E-state index is -4.46. The van der Waals surface area contributed by atoms with Gasteiger partial charge in [0.25, 0.3) is 0 Å². The fraction of sp³-hybridized carbons (Fsp3) is 0.118. The molecular weight excluding hydrogens is 393 g/mol. The Labute approximate surface area is 161 Å². The first kappa shape index (κ1) is 19.8. The maximum absolute atomic E-state index is 12.7. The van der Waals surface area contributed by atoms with Gasteiger partial charge in [-0.1, -0.05) is 6.07 Å². The van der Waals surface area contributed by atoms with Crippen LogP contribution in [-0.2, 0) is 17.5 Å². The highest BCUT2D eigenvalue weighted by atomic mass is 19.4. The van der Waals surface area contributed by atoms with Gasteiger partial charge in [0.1, 0.15) is 0 Å². The fourth-order valence-electron chi connectivity index (χ4n) is 2.37. The van der Waals surface area contributed by atoms with Crippen molar-refractivity contribution in [1.29, 1.82) is 0 Å². The number of halogens is 3. The van der Waals surface area contributed by atoms with Crippen LogP contribution in [0.1, 0.15) is 21.7 Å². The van der Waals surface area contributed by atoms with Gasteiger partial charge in [0.2, 0.25) is 0 Å². The Morgan fingerprint density at radius 1 is 1.14 bits per heavy atom. The lowest BCUT2D eigenvalue weighted by molar-refractivity contribution is -0.137. The Hall–Kier alpha value is -3.96. The Morgan fingerprint density at radius 3 is 2.52 bits per heavy atom. The second-order valence-electron chi connectivity index (χ2n) is 5.70. The Morgan fingerprint density at radius 2 is 1.86 bits per heavy atom. The number of rotatable bonds is 5. The number of hydrogen-bond acceptors (Lipinski definition) is 6. The van der Waals surface area contributed by atoms with E-state index in [-0.39, 0.29) is 23.7 Å². The third kappa shape index (κ3) is 4.86. The molecule has 0 radical (unpaired) electrons. The molecule has 0 saturated carbocycles. The zero-order valence-electron chi connectivity index (χ0n) is 14.6. The molecule has 0 fully saturated rings. The number of hydrogen-bond donors (Lipinski definition) is 2. The number of esters is 1. The van der Waals surface area contributed by atoms with Gasteiger partial charge in [-0.25, -0.2) is 9.59 Å². The molecule has 1 aromatic heterocycles. The van der Waals surface area contributed by atoms with Crippen LogP contribution >= 0.6 is 0 Å². The summed E-state index contributed by atoms with van der Waals surface area (Å²) in [5.41, 5.74) is 4.93. The molecule has 3 aromatic rings. The van der Waals surface area contributed by atoms with Gasteiger partial charge in [-0.2, -0.15) is 17.9 Å². The van der Waals surface area contributed by atoms with Gasteiger partial charge in [0.15, 0.2) is 12.4 Å². The number of ether oxygens (including phenoxy) is 1. The highest BCUT2D eigenvalue weighted by Gasteiger charge is 2.30. The van der Waals surface area contributed by atoms with Gasteiger partial charge in [0, 0.05) is 5.69 Å². The number of nitrogens with one attached hydrogen (secondary N) is 1. The molecule has 9 nitrogen and oxygen atoms in total. The summed E-state index contributed by atoms with van der Waals surface area (Å²) in [7, 11) is 0. The summed E-state index contributed by atoms with van der Waals surface area (Å²) in [6, 6.07) is 9.28. The van der Waals surface area contributed by atoms with E-state index < -0.39 is 23.7 Å². The van der Waals surface area contributed by atoms with Gasteiger partial charge in [0.05, 0.1) is 16.8 Å². The molecule has 0 spiro atoms. The highest BCUT2D eigenvalue weighted by molar-refractivity contribution is 5.93. The third-order valence-corrected chi connectivity index (χ3v) is 3.67. The lowest BCUT2D eigenvalue weighted by atomic mass is 10.2. The summed E-state index contributed by atoms with van der Waals surface area (Å²) in [6.45, 7) is -0.333. The first-order valence-corrected chi connectivity index (χ1v) is 8.02. The smallest absolute Gasteiger partial charge is 0.416 e. The molecule has 1 heterocycles. The van der Waals surface area contributed by atoms with E-state index in [2.05, 4.69) is 20.8 Å². The van der Waals surface area contributed by atoms with E-state index in [1.807, 2.05) is 0 Å². The van der Waals surface area contributed by atoms with Crippen molar-refractivity contribution in [3.63, 3.8) is 0 Å². The highest BCUT2D eigenvalue weighted by Crippen LogP contribution is 2.29. The average molecular weight is 406 g/mol. The van der Waals surface area contributed by atoms with Crippen LogP contribution in [0.2, 0.25) is 0 Å². The van der Waals surface area contributed by atoms with E-state index >= 15 is 0 Å². The van der Waals surface area contributed by atoms with Crippen molar-refractivity contribution in [2.24, 2.45) is 5.73 Å². The average Bonchev–Trinajstić information content (AvgIpc) is 3.14. The minimum Gasteiger partial charge on any atom is -0.454 e. The Kier molecular flexibility index (Phi) is 5.43. The fourth-order valence-corrected chi connectivity index (χ4v) is 2.37. The number of nitrogens with zero attached hydrogens (tertiary/aromatic N) is 4. The van der Waals surface area contributed by atoms with Crippen LogP contribution < -0.4 is 11.1 Å². The van der Waals surface area contributed by atoms with Crippen molar-refractivity contribution in [3.05, 3.63) is 65.5 Å². The van der Waals surface area contributed by atoms with Crippen molar-refractivity contribution in [3.8, 4) is 5.69 Å². The second kappa shape index (κ2) is 7.96. The number of aromatic nitrogens is 4. The quantitative estimate of drug-likeness (QED) is 0.628. The molecule has 3 N–H and O–H groups in total. The number of tetrazole rings is 1. The van der Waals surface area contributed by atoms with Gasteiger partial charge in [-0.05, 0) is 52.9 Å². The molecule has 29 heavy (non-hydrogen) atoms. The Balaban J connectivity index is 1.71. The summed E-state index contributed by atoms with van der Waals surface area (Å²) in [6.07, 6.45) is -4.46. The van der Waals surface area contributed by atoms with Crippen molar-refractivity contribution >= 4 is 17.7 Å². The number of carbonyl (C=O) groups is 2. The van der Waals surface area contributed by atoms with Crippen LogP contribution in [0.3, 0.4) is 0 Å². The summed E-state index contributed by atoms with van der Waals surface area (Å²) in [5, 5.41) is 13.2. The predicted octanol–water partition coefficient (Wildman–Crippen LogP) is 2.53. The van der Waals surface area contributed by atoms with Crippen molar-refractivity contribution in [2.75, 3.05) is 5.32 Å². The maximum atomic E-state index is 12.7. The monoisotopic (exact) mass is 406 g/mol. The summed E-state index contributed by atoms with van der Waals surface area (Å²) >= 11 is 0. The standard InChI is InChI=1S/C17H13F3N6O3/c18-17(19,20)11-4-6-13(7-5-11)26-14(23-24-25-26)9-29-15(27)10-2-1-3-12(8-10)22-16(21)28/h1-8H,9H2,(H3,21,22,28). The molecule has 0 bridgehead atoms. The first-order chi connectivity index (χ1) is 13.7. The molecule has 0 unspecified atom stereocenters. The van der Waals surface area contributed by atoms with E-state index in [4.69, 9.17) is 10.5 Å². The maximum Gasteiger partial charge on any atom is 0.416 e. The molecule has 0 aliphatic rings. The van der Waals surface area contributed by atoms with E-state index in [0.29, 0.717) is 5.69 Å². The number of nitrogens with two attached hydrogens (primary N) is 1. The minimum absolute atomic E-state index is 0.101. The normalized spacial score (nSPS) is 11.1. The molecule has 0 aliphatic heterocycles. The molecule has 2 amide bonds. The van der Waals surface area contributed by atoms with Gasteiger partial charge < -0.3 is 15.8 Å². The van der Waals surface area contributed by atoms with E-state index in [1.165, 1.54) is 36.4 Å². The van der Waals surface area contributed by atoms with E-state index in [0.717, 1.165) is 16.8 Å². The van der Waals surface area contributed by atoms with Crippen LogP contribution in [0.4, 0.5) is 23.7 Å². The summed E-state index contributed by atoms with van der Waals surface area (Å²) in [5.74, 6) is -0.621. The van der Waals surface area contributed by atoms with Crippen molar-refractivity contribution in [2.45, 2.75) is 12.8 Å².